The number of aromatic hydroxyl groups is 1. The van der Waals surface area contributed by atoms with Gasteiger partial charge in [0, 0.05) is 0 Å². The van der Waals surface area contributed by atoms with E-state index >= 15 is 0 Å². The normalized spacial score (nSPS) is 14.6. The van der Waals surface area contributed by atoms with Gasteiger partial charge in [0.2, 0.25) is 53.2 Å². The Balaban J connectivity index is 2.99. The number of carbonyl (C=O) groups is 11. The lowest BCUT2D eigenvalue weighted by Crippen LogP contribution is -2.59. The van der Waals surface area contributed by atoms with E-state index in [1.807, 2.05) is 0 Å². The number of phenolic OH excluding ortho intramolecular Hbond substituents is 1. The summed E-state index contributed by atoms with van der Waals surface area (Å²) in [5.41, 5.74) is 12.0. The zero-order valence-electron chi connectivity index (χ0n) is 39.3. The molecule has 0 bridgehead atoms. The lowest BCUT2D eigenvalue weighted by molar-refractivity contribution is -0.143. The maximum absolute atomic E-state index is 13.5. The molecule has 1 aromatic rings. The van der Waals surface area contributed by atoms with Gasteiger partial charge in [-0.2, -0.15) is 0 Å². The number of nitrogens with one attached hydrogen (secondary N) is 8. The second-order valence-electron chi connectivity index (χ2n) is 17.5. The maximum Gasteiger partial charge on any atom is 0.326 e. The number of carboxylic acids is 2. The fourth-order valence-corrected chi connectivity index (χ4v) is 6.38. The van der Waals surface area contributed by atoms with Crippen molar-refractivity contribution in [3.8, 4) is 5.75 Å². The van der Waals surface area contributed by atoms with Gasteiger partial charge >= 0.3 is 11.9 Å². The summed E-state index contributed by atoms with van der Waals surface area (Å²) in [7, 11) is 0. The van der Waals surface area contributed by atoms with Gasteiger partial charge in [-0.25, -0.2) is 4.79 Å². The number of carboxylic acid groups (broad SMARTS) is 2. The number of carbonyl (C=O) groups excluding carboxylic acids is 9. The largest absolute Gasteiger partial charge is 0.508 e. The van der Waals surface area contributed by atoms with Crippen molar-refractivity contribution < 1.29 is 73.2 Å². The quantitative estimate of drug-likeness (QED) is 0.0354. The Morgan fingerprint density at radius 1 is 0.529 bits per heavy atom. The average molecular weight is 965 g/mol. The van der Waals surface area contributed by atoms with Crippen molar-refractivity contribution >= 4 is 65.1 Å². The molecule has 1 rings (SSSR count). The monoisotopic (exact) mass is 964 g/mol. The fourth-order valence-electron chi connectivity index (χ4n) is 6.38. The lowest BCUT2D eigenvalue weighted by Gasteiger charge is -2.27. The average Bonchev–Trinajstić information content (AvgIpc) is 3.23. The van der Waals surface area contributed by atoms with Crippen LogP contribution in [-0.2, 0) is 59.2 Å². The van der Waals surface area contributed by atoms with Gasteiger partial charge in [-0.1, -0.05) is 53.7 Å². The first-order chi connectivity index (χ1) is 31.6. The van der Waals surface area contributed by atoms with E-state index in [0.717, 1.165) is 6.92 Å². The van der Waals surface area contributed by atoms with E-state index < -0.39 is 139 Å². The Bertz CT molecular complexity index is 1950. The molecule has 0 unspecified atom stereocenters. The molecule has 68 heavy (non-hydrogen) atoms. The molecular formula is C43H68N10O15. The Labute approximate surface area is 393 Å². The minimum atomic E-state index is -1.84. The maximum atomic E-state index is 13.5. The first-order valence-electron chi connectivity index (χ1n) is 21.9. The van der Waals surface area contributed by atoms with E-state index in [-0.39, 0.29) is 49.2 Å². The number of benzene rings is 1. The van der Waals surface area contributed by atoms with Gasteiger partial charge in [-0.3, -0.25) is 47.9 Å². The van der Waals surface area contributed by atoms with Crippen LogP contribution in [0.5, 0.6) is 5.75 Å². The second kappa shape index (κ2) is 29.0. The molecule has 0 aliphatic heterocycles. The summed E-state index contributed by atoms with van der Waals surface area (Å²) in [6, 6.07) is -5.71. The number of aliphatic carboxylic acids is 2. The van der Waals surface area contributed by atoms with Crippen molar-refractivity contribution in [3.63, 3.8) is 0 Å². The molecule has 0 fully saturated rings. The SMILES string of the molecule is CC(C)C[C@H](NC(=O)[C@H](CC(N)=O)NC(=O)[C@H](CC(C)C)NC(=O)[C@H](CC(=O)O)NC(=O)[C@H](C)NC(=O)CNC(=O)[C@H](CO)NC(=O)[C@H](CC(C)C)NC(=O)[C@@H](N)Cc1ccc(O)cc1)C(=O)O. The number of aliphatic hydroxyl groups is 1. The molecular weight excluding hydrogens is 897 g/mol. The molecule has 0 spiro atoms. The number of amides is 9. The fraction of sp³-hybridized carbons (Fsp3) is 0.605. The van der Waals surface area contributed by atoms with Crippen LogP contribution in [0.1, 0.15) is 86.1 Å². The smallest absolute Gasteiger partial charge is 0.326 e. The summed E-state index contributed by atoms with van der Waals surface area (Å²) in [5, 5.41) is 56.9. The third kappa shape index (κ3) is 22.5. The van der Waals surface area contributed by atoms with Gasteiger partial charge in [-0.05, 0) is 68.1 Å². The van der Waals surface area contributed by atoms with Crippen LogP contribution in [0.4, 0.5) is 0 Å². The number of hydrogen-bond donors (Lipinski definition) is 14. The number of primary amides is 1. The van der Waals surface area contributed by atoms with Crippen LogP contribution in [0.25, 0.3) is 0 Å². The van der Waals surface area contributed by atoms with E-state index in [2.05, 4.69) is 42.5 Å². The van der Waals surface area contributed by atoms with Gasteiger partial charge in [-0.15, -0.1) is 0 Å². The van der Waals surface area contributed by atoms with Gasteiger partial charge in [0.25, 0.3) is 0 Å². The zero-order valence-corrected chi connectivity index (χ0v) is 39.3. The van der Waals surface area contributed by atoms with E-state index in [9.17, 15) is 73.2 Å². The highest BCUT2D eigenvalue weighted by Gasteiger charge is 2.34. The van der Waals surface area contributed by atoms with Crippen molar-refractivity contribution in [2.75, 3.05) is 13.2 Å². The van der Waals surface area contributed by atoms with Crippen molar-refractivity contribution in [1.82, 2.24) is 42.5 Å². The van der Waals surface area contributed by atoms with Crippen LogP contribution in [0.15, 0.2) is 24.3 Å². The topological polar surface area (TPSA) is 417 Å². The van der Waals surface area contributed by atoms with E-state index in [4.69, 9.17) is 11.5 Å². The lowest BCUT2D eigenvalue weighted by atomic mass is 10.0. The van der Waals surface area contributed by atoms with Gasteiger partial charge < -0.3 is 74.4 Å². The Morgan fingerprint density at radius 2 is 0.941 bits per heavy atom. The molecule has 0 heterocycles. The van der Waals surface area contributed by atoms with E-state index in [0.29, 0.717) is 5.56 Å². The highest BCUT2D eigenvalue weighted by atomic mass is 16.4. The number of rotatable bonds is 30. The highest BCUT2D eigenvalue weighted by molar-refractivity contribution is 5.99. The Kier molecular flexibility index (Phi) is 25.2. The molecule has 25 nitrogen and oxygen atoms in total. The number of nitrogens with two attached hydrogens (primary N) is 2. The first kappa shape index (κ1) is 59.1. The van der Waals surface area contributed by atoms with Crippen LogP contribution in [-0.4, -0.2) is 147 Å². The van der Waals surface area contributed by atoms with Gasteiger partial charge in [0.15, 0.2) is 0 Å². The van der Waals surface area contributed by atoms with Gasteiger partial charge in [0.1, 0.15) is 48.0 Å². The second-order valence-corrected chi connectivity index (χ2v) is 17.5. The van der Waals surface area contributed by atoms with Crippen LogP contribution >= 0.6 is 0 Å². The van der Waals surface area contributed by atoms with Crippen molar-refractivity contribution in [2.24, 2.45) is 29.2 Å². The highest BCUT2D eigenvalue weighted by Crippen LogP contribution is 2.13. The molecule has 1 aromatic carbocycles. The Hall–Kier alpha value is -6.89. The number of aliphatic hydroxyl groups excluding tert-OH is 1. The van der Waals surface area contributed by atoms with Crippen molar-refractivity contribution in [1.29, 1.82) is 0 Å². The van der Waals surface area contributed by atoms with Crippen molar-refractivity contribution in [2.45, 2.75) is 135 Å². The van der Waals surface area contributed by atoms with Crippen molar-refractivity contribution in [3.05, 3.63) is 29.8 Å². The van der Waals surface area contributed by atoms with Crippen LogP contribution in [0.2, 0.25) is 0 Å². The van der Waals surface area contributed by atoms with Crippen LogP contribution < -0.4 is 54.0 Å². The minimum Gasteiger partial charge on any atom is -0.508 e. The predicted octanol–water partition coefficient (Wildman–Crippen LogP) is -3.64. The van der Waals surface area contributed by atoms with Gasteiger partial charge in [0.05, 0.1) is 32.0 Å². The third-order valence-electron chi connectivity index (χ3n) is 9.79. The number of phenols is 1. The molecule has 0 saturated carbocycles. The first-order valence-corrected chi connectivity index (χ1v) is 21.9. The minimum absolute atomic E-state index is 0.0123. The summed E-state index contributed by atoms with van der Waals surface area (Å²) in [4.78, 5) is 140. The summed E-state index contributed by atoms with van der Waals surface area (Å²) < 4.78 is 0. The van der Waals surface area contributed by atoms with E-state index in [1.54, 1.807) is 53.7 Å². The zero-order chi connectivity index (χ0) is 52.0. The molecule has 25 heteroatoms. The number of hydrogen-bond acceptors (Lipinski definition) is 14. The molecule has 16 N–H and O–H groups in total. The molecule has 0 radical (unpaired) electrons. The standard InChI is InChI=1S/C43H68N10O15/c1-20(2)12-27(49-37(61)26(44)15-24-8-10-25(55)11-9-24)40(64)53-32(19-54)38(62)46-18-34(57)47-23(7)36(60)48-30(17-35(58)59)42(66)50-28(13-21(3)4)39(63)51-29(16-33(45)56)41(65)52-31(43(67)68)14-22(5)6/h8-11,20-23,26-32,54-55H,12-19,44H2,1-7H3,(H2,45,56)(H,46,62)(H,47,57)(H,48,60)(H,49,61)(H,50,66)(H,51,63)(H,52,65)(H,53,64)(H,58,59)(H,67,68)/t23-,26-,27-,28-,29-,30-,31-,32-/m0/s1. The Morgan fingerprint density at radius 3 is 1.40 bits per heavy atom. The molecule has 0 aliphatic carbocycles. The third-order valence-corrected chi connectivity index (χ3v) is 9.79. The molecule has 8 atom stereocenters. The summed E-state index contributed by atoms with van der Waals surface area (Å²) in [6.45, 7) is 9.74. The molecule has 0 aromatic heterocycles. The predicted molar refractivity (Wildman–Crippen MR) is 241 cm³/mol. The van der Waals surface area contributed by atoms with Crippen LogP contribution in [0.3, 0.4) is 0 Å². The summed E-state index contributed by atoms with van der Waals surface area (Å²) >= 11 is 0. The molecule has 0 saturated heterocycles. The summed E-state index contributed by atoms with van der Waals surface area (Å²) in [5.74, 6) is -12.4. The summed E-state index contributed by atoms with van der Waals surface area (Å²) in [6.07, 6.45) is -1.66. The molecule has 380 valence electrons. The molecule has 9 amide bonds. The van der Waals surface area contributed by atoms with E-state index in [1.165, 1.54) is 12.1 Å². The van der Waals surface area contributed by atoms with Crippen LogP contribution in [0, 0.1) is 17.8 Å². The molecule has 0 aliphatic rings.